The summed E-state index contributed by atoms with van der Waals surface area (Å²) in [6.07, 6.45) is 5.37. The maximum absolute atomic E-state index is 12.3. The zero-order valence-electron chi connectivity index (χ0n) is 10.4. The summed E-state index contributed by atoms with van der Waals surface area (Å²) in [5.74, 6) is -0.363. The number of hydrogen-bond acceptors (Lipinski definition) is 2. The van der Waals surface area contributed by atoms with E-state index in [1.54, 1.807) is 12.1 Å². The lowest BCUT2D eigenvalue weighted by atomic mass is 9.85. The Kier molecular flexibility index (Phi) is 3.15. The molecule has 2 aliphatic rings. The summed E-state index contributed by atoms with van der Waals surface area (Å²) in [5.41, 5.74) is 0.928. The van der Waals surface area contributed by atoms with E-state index in [4.69, 9.17) is 11.6 Å². The van der Waals surface area contributed by atoms with E-state index in [-0.39, 0.29) is 23.7 Å². The van der Waals surface area contributed by atoms with Gasteiger partial charge in [-0.05, 0) is 30.5 Å². The summed E-state index contributed by atoms with van der Waals surface area (Å²) in [5, 5.41) is 0.653. The number of benzene rings is 1. The highest BCUT2D eigenvalue weighted by Gasteiger charge is 2.46. The molecule has 2 atom stereocenters. The van der Waals surface area contributed by atoms with E-state index < -0.39 is 0 Å². The standard InChI is InChI=1S/C15H14ClNO2/c16-11-7-5-10(6-8-11)9-17-14(18)12-3-1-2-4-13(12)15(17)19/h1-2,5-8,12-13H,3-4,9H2. The van der Waals surface area contributed by atoms with Crippen molar-refractivity contribution in [3.63, 3.8) is 0 Å². The van der Waals surface area contributed by atoms with Crippen LogP contribution in [0.5, 0.6) is 0 Å². The Balaban J connectivity index is 1.80. The molecule has 1 aliphatic carbocycles. The monoisotopic (exact) mass is 275 g/mol. The third-order valence-corrected chi connectivity index (χ3v) is 4.10. The Labute approximate surface area is 116 Å². The molecule has 1 aromatic rings. The lowest BCUT2D eigenvalue weighted by Crippen LogP contribution is -2.30. The molecule has 4 heteroatoms. The first-order valence-electron chi connectivity index (χ1n) is 6.41. The number of carbonyl (C=O) groups is 2. The van der Waals surface area contributed by atoms with Crippen LogP contribution in [0, 0.1) is 11.8 Å². The maximum Gasteiger partial charge on any atom is 0.233 e. The Morgan fingerprint density at radius 3 is 2.05 bits per heavy atom. The highest BCUT2D eigenvalue weighted by molar-refractivity contribution is 6.30. The van der Waals surface area contributed by atoms with Crippen LogP contribution in [0.25, 0.3) is 0 Å². The highest BCUT2D eigenvalue weighted by Crippen LogP contribution is 2.35. The first-order chi connectivity index (χ1) is 9.16. The quantitative estimate of drug-likeness (QED) is 0.615. The summed E-state index contributed by atoms with van der Waals surface area (Å²) >= 11 is 5.83. The predicted octanol–water partition coefficient (Wildman–Crippen LogP) is 2.79. The molecule has 2 unspecified atom stereocenters. The number of likely N-dealkylation sites (tertiary alicyclic amines) is 1. The summed E-state index contributed by atoms with van der Waals surface area (Å²) < 4.78 is 0. The van der Waals surface area contributed by atoms with Crippen LogP contribution in [0.2, 0.25) is 5.02 Å². The molecule has 1 heterocycles. The molecular weight excluding hydrogens is 262 g/mol. The fourth-order valence-electron chi connectivity index (χ4n) is 2.80. The van der Waals surface area contributed by atoms with Crippen LogP contribution in [0.4, 0.5) is 0 Å². The molecule has 0 saturated carbocycles. The van der Waals surface area contributed by atoms with Gasteiger partial charge in [0.1, 0.15) is 0 Å². The van der Waals surface area contributed by atoms with Crippen LogP contribution in [-0.4, -0.2) is 16.7 Å². The molecule has 0 bridgehead atoms. The van der Waals surface area contributed by atoms with Gasteiger partial charge < -0.3 is 0 Å². The predicted molar refractivity (Wildman–Crippen MR) is 72.4 cm³/mol. The molecule has 1 saturated heterocycles. The van der Waals surface area contributed by atoms with Crippen molar-refractivity contribution in [2.75, 3.05) is 0 Å². The van der Waals surface area contributed by atoms with E-state index in [0.717, 1.165) is 5.56 Å². The van der Waals surface area contributed by atoms with Crippen molar-refractivity contribution in [1.29, 1.82) is 0 Å². The topological polar surface area (TPSA) is 37.4 Å². The summed E-state index contributed by atoms with van der Waals surface area (Å²) in [7, 11) is 0. The largest absolute Gasteiger partial charge is 0.278 e. The van der Waals surface area contributed by atoms with Gasteiger partial charge in [-0.15, -0.1) is 0 Å². The van der Waals surface area contributed by atoms with Gasteiger partial charge in [-0.2, -0.15) is 0 Å². The minimum absolute atomic E-state index is 0.0331. The Bertz CT molecular complexity index is 524. The van der Waals surface area contributed by atoms with E-state index in [9.17, 15) is 9.59 Å². The summed E-state index contributed by atoms with van der Waals surface area (Å²) in [4.78, 5) is 25.9. The fraction of sp³-hybridized carbons (Fsp3) is 0.333. The van der Waals surface area contributed by atoms with Crippen molar-refractivity contribution < 1.29 is 9.59 Å². The SMILES string of the molecule is O=C1C2CC=CCC2C(=O)N1Cc1ccc(Cl)cc1. The van der Waals surface area contributed by atoms with Gasteiger partial charge in [0, 0.05) is 5.02 Å². The second-order valence-electron chi connectivity index (χ2n) is 5.04. The third kappa shape index (κ3) is 2.19. The second kappa shape index (κ2) is 4.82. The van der Waals surface area contributed by atoms with Gasteiger partial charge in [-0.3, -0.25) is 14.5 Å². The molecule has 1 aromatic carbocycles. The smallest absolute Gasteiger partial charge is 0.233 e. The lowest BCUT2D eigenvalue weighted by molar-refractivity contribution is -0.140. The van der Waals surface area contributed by atoms with Crippen molar-refractivity contribution in [3.05, 3.63) is 47.0 Å². The van der Waals surface area contributed by atoms with Crippen molar-refractivity contribution in [2.45, 2.75) is 19.4 Å². The van der Waals surface area contributed by atoms with Crippen molar-refractivity contribution in [2.24, 2.45) is 11.8 Å². The van der Waals surface area contributed by atoms with Crippen LogP contribution in [0.1, 0.15) is 18.4 Å². The molecule has 19 heavy (non-hydrogen) atoms. The summed E-state index contributed by atoms with van der Waals surface area (Å²) in [6, 6.07) is 7.25. The van der Waals surface area contributed by atoms with E-state index in [2.05, 4.69) is 0 Å². The summed E-state index contributed by atoms with van der Waals surface area (Å²) in [6.45, 7) is 0.349. The number of rotatable bonds is 2. The Hall–Kier alpha value is -1.61. The number of allylic oxidation sites excluding steroid dienone is 2. The van der Waals surface area contributed by atoms with E-state index in [1.165, 1.54) is 4.90 Å². The van der Waals surface area contributed by atoms with E-state index in [0.29, 0.717) is 24.4 Å². The number of carbonyl (C=O) groups excluding carboxylic acids is 2. The number of hydrogen-bond donors (Lipinski definition) is 0. The number of halogens is 1. The average molecular weight is 276 g/mol. The molecular formula is C15H14ClNO2. The molecule has 0 aromatic heterocycles. The van der Waals surface area contributed by atoms with Crippen LogP contribution in [0.15, 0.2) is 36.4 Å². The number of amides is 2. The first-order valence-corrected chi connectivity index (χ1v) is 6.79. The molecule has 0 spiro atoms. The lowest BCUT2D eigenvalue weighted by Gasteiger charge is -2.14. The van der Waals surface area contributed by atoms with Crippen molar-refractivity contribution in [1.82, 2.24) is 4.90 Å². The zero-order chi connectivity index (χ0) is 13.4. The number of nitrogens with zero attached hydrogens (tertiary/aromatic N) is 1. The van der Waals surface area contributed by atoms with Gasteiger partial charge in [0.25, 0.3) is 0 Å². The Morgan fingerprint density at radius 2 is 1.53 bits per heavy atom. The molecule has 3 rings (SSSR count). The first kappa shape index (κ1) is 12.4. The second-order valence-corrected chi connectivity index (χ2v) is 5.48. The average Bonchev–Trinajstić information content (AvgIpc) is 2.67. The van der Waals surface area contributed by atoms with Crippen LogP contribution in [0.3, 0.4) is 0 Å². The normalized spacial score (nSPS) is 25.8. The zero-order valence-corrected chi connectivity index (χ0v) is 11.1. The highest BCUT2D eigenvalue weighted by atomic mass is 35.5. The van der Waals surface area contributed by atoms with Gasteiger partial charge in [-0.25, -0.2) is 0 Å². The van der Waals surface area contributed by atoms with E-state index >= 15 is 0 Å². The van der Waals surface area contributed by atoms with Gasteiger partial charge in [0.2, 0.25) is 11.8 Å². The van der Waals surface area contributed by atoms with Gasteiger partial charge >= 0.3 is 0 Å². The van der Waals surface area contributed by atoms with Crippen molar-refractivity contribution in [3.8, 4) is 0 Å². The fourth-order valence-corrected chi connectivity index (χ4v) is 2.92. The molecule has 2 amide bonds. The molecule has 0 radical (unpaired) electrons. The minimum Gasteiger partial charge on any atom is -0.278 e. The maximum atomic E-state index is 12.3. The van der Waals surface area contributed by atoms with Crippen LogP contribution >= 0.6 is 11.6 Å². The molecule has 1 aliphatic heterocycles. The van der Waals surface area contributed by atoms with Gasteiger partial charge in [0.05, 0.1) is 18.4 Å². The van der Waals surface area contributed by atoms with Gasteiger partial charge in [-0.1, -0.05) is 35.9 Å². The Morgan fingerprint density at radius 1 is 1.00 bits per heavy atom. The molecule has 3 nitrogen and oxygen atoms in total. The number of fused-ring (bicyclic) bond motifs is 1. The third-order valence-electron chi connectivity index (χ3n) is 3.85. The minimum atomic E-state index is -0.148. The van der Waals surface area contributed by atoms with Crippen LogP contribution < -0.4 is 0 Å². The van der Waals surface area contributed by atoms with Crippen LogP contribution in [-0.2, 0) is 16.1 Å². The van der Waals surface area contributed by atoms with E-state index in [1.807, 2.05) is 24.3 Å². The van der Waals surface area contributed by atoms with Gasteiger partial charge in [0.15, 0.2) is 0 Å². The number of imide groups is 1. The molecule has 0 N–H and O–H groups in total. The molecule has 98 valence electrons. The van der Waals surface area contributed by atoms with Crippen molar-refractivity contribution >= 4 is 23.4 Å². The molecule has 1 fully saturated rings.